The van der Waals surface area contributed by atoms with Crippen LogP contribution in [0.5, 0.6) is 0 Å². The maximum Gasteiger partial charge on any atom is 0.161 e. The van der Waals surface area contributed by atoms with Gasteiger partial charge < -0.3 is 9.47 Å². The van der Waals surface area contributed by atoms with Crippen molar-refractivity contribution >= 4 is 11.6 Å². The van der Waals surface area contributed by atoms with Crippen molar-refractivity contribution in [1.82, 2.24) is 0 Å². The molecule has 0 unspecified atom stereocenters. The van der Waals surface area contributed by atoms with Crippen molar-refractivity contribution in [2.24, 2.45) is 0 Å². The molecule has 0 spiro atoms. The highest BCUT2D eigenvalue weighted by atomic mass is 35.5. The van der Waals surface area contributed by atoms with Gasteiger partial charge in [0, 0.05) is 12.8 Å². The Hall–Kier alpha value is -0.630. The molecule has 0 bridgehead atoms. The lowest BCUT2D eigenvalue weighted by molar-refractivity contribution is 0.234. The van der Waals surface area contributed by atoms with Crippen molar-refractivity contribution in [3.05, 3.63) is 22.7 Å². The van der Waals surface area contributed by atoms with E-state index in [4.69, 9.17) is 21.1 Å². The first kappa shape index (κ1) is 10.5. The normalized spacial score (nSPS) is 17.8. The summed E-state index contributed by atoms with van der Waals surface area (Å²) >= 11 is 5.51. The third-order valence-corrected chi connectivity index (χ3v) is 2.39. The van der Waals surface area contributed by atoms with E-state index in [1.807, 2.05) is 6.92 Å². The Kier molecular flexibility index (Phi) is 3.67. The number of hydrogen-bond donors (Lipinski definition) is 0. The Morgan fingerprint density at radius 3 is 2.23 bits per heavy atom. The number of halogens is 1. The predicted octanol–water partition coefficient (Wildman–Crippen LogP) is 3.19. The molecule has 3 heteroatoms. The largest absolute Gasteiger partial charge is 0.501 e. The molecule has 13 heavy (non-hydrogen) atoms. The lowest BCUT2D eigenvalue weighted by atomic mass is 9.98. The van der Waals surface area contributed by atoms with E-state index in [0.717, 1.165) is 24.4 Å². The van der Waals surface area contributed by atoms with Crippen molar-refractivity contribution in [3.8, 4) is 0 Å². The smallest absolute Gasteiger partial charge is 0.161 e. The van der Waals surface area contributed by atoms with E-state index in [9.17, 15) is 0 Å². The van der Waals surface area contributed by atoms with Gasteiger partial charge in [0.1, 0.15) is 5.76 Å². The molecule has 0 aromatic rings. The fraction of sp³-hybridized carbons (Fsp3) is 0.600. The number of alkyl halides is 1. The summed E-state index contributed by atoms with van der Waals surface area (Å²) in [5.74, 6) is 2.05. The summed E-state index contributed by atoms with van der Waals surface area (Å²) in [5, 5.41) is 0. The molecular formula is C10H15ClO2. The number of rotatable bonds is 3. The first-order chi connectivity index (χ1) is 6.19. The number of methoxy groups -OCH3 is 1. The molecule has 1 rings (SSSR count). The molecule has 1 aliphatic rings. The molecule has 2 nitrogen and oxygen atoms in total. The van der Waals surface area contributed by atoms with Gasteiger partial charge >= 0.3 is 0 Å². The van der Waals surface area contributed by atoms with Gasteiger partial charge in [-0.1, -0.05) is 11.6 Å². The molecule has 0 saturated heterocycles. The zero-order valence-electron chi connectivity index (χ0n) is 8.32. The summed E-state index contributed by atoms with van der Waals surface area (Å²) in [7, 11) is 1.71. The summed E-state index contributed by atoms with van der Waals surface area (Å²) in [6.07, 6.45) is 1.66. The zero-order chi connectivity index (χ0) is 9.84. The van der Waals surface area contributed by atoms with Crippen LogP contribution in [0.25, 0.3) is 0 Å². The van der Waals surface area contributed by atoms with Gasteiger partial charge in [-0.25, -0.2) is 0 Å². The van der Waals surface area contributed by atoms with E-state index < -0.39 is 0 Å². The molecule has 0 radical (unpaired) electrons. The molecule has 0 heterocycles. The monoisotopic (exact) mass is 202 g/mol. The van der Waals surface area contributed by atoms with Gasteiger partial charge in [-0.15, -0.1) is 0 Å². The molecule has 0 atom stereocenters. The van der Waals surface area contributed by atoms with Crippen molar-refractivity contribution in [1.29, 1.82) is 0 Å². The van der Waals surface area contributed by atoms with Gasteiger partial charge in [0.05, 0.1) is 12.9 Å². The van der Waals surface area contributed by atoms with Crippen LogP contribution in [0.15, 0.2) is 22.7 Å². The van der Waals surface area contributed by atoms with Gasteiger partial charge in [0.15, 0.2) is 6.07 Å². The maximum atomic E-state index is 5.51. The average molecular weight is 203 g/mol. The first-order valence-electron chi connectivity index (χ1n) is 4.29. The van der Waals surface area contributed by atoms with Crippen LogP contribution in [0, 0.1) is 0 Å². The highest BCUT2D eigenvalue weighted by Crippen LogP contribution is 2.30. The minimum absolute atomic E-state index is 0.224. The molecular weight excluding hydrogens is 188 g/mol. The van der Waals surface area contributed by atoms with Crippen LogP contribution in [0.2, 0.25) is 0 Å². The van der Waals surface area contributed by atoms with E-state index in [2.05, 4.69) is 6.92 Å². The standard InChI is InChI=1S/C10H15ClO2/c1-7-5-10(13-6-11)8(2)4-9(7)12-3/h4-6H2,1-3H3. The minimum atomic E-state index is 0.224. The van der Waals surface area contributed by atoms with Gasteiger partial charge in [-0.2, -0.15) is 0 Å². The molecule has 74 valence electrons. The quantitative estimate of drug-likeness (QED) is 0.655. The molecule has 0 aromatic heterocycles. The lowest BCUT2D eigenvalue weighted by Gasteiger charge is -2.21. The first-order valence-corrected chi connectivity index (χ1v) is 4.82. The SMILES string of the molecule is COC1=C(C)CC(OCCl)=C(C)C1. The highest BCUT2D eigenvalue weighted by molar-refractivity contribution is 6.17. The number of ether oxygens (including phenoxy) is 2. The molecule has 0 amide bonds. The van der Waals surface area contributed by atoms with Crippen molar-refractivity contribution in [2.75, 3.05) is 13.2 Å². The van der Waals surface area contributed by atoms with Gasteiger partial charge in [0.25, 0.3) is 0 Å². The Labute approximate surface area is 84.2 Å². The second kappa shape index (κ2) is 4.56. The maximum absolute atomic E-state index is 5.51. The molecule has 0 aliphatic heterocycles. The fourth-order valence-corrected chi connectivity index (χ4v) is 1.60. The summed E-state index contributed by atoms with van der Waals surface area (Å²) in [6, 6.07) is 0.224. The Bertz CT molecular complexity index is 254. The Balaban J connectivity index is 2.72. The van der Waals surface area contributed by atoms with Crippen LogP contribution in [0.1, 0.15) is 26.7 Å². The van der Waals surface area contributed by atoms with E-state index in [1.165, 1.54) is 11.1 Å². The van der Waals surface area contributed by atoms with E-state index in [-0.39, 0.29) is 6.07 Å². The van der Waals surface area contributed by atoms with Crippen molar-refractivity contribution in [3.63, 3.8) is 0 Å². The van der Waals surface area contributed by atoms with E-state index in [0.29, 0.717) is 0 Å². The van der Waals surface area contributed by atoms with Crippen LogP contribution < -0.4 is 0 Å². The molecule has 0 fully saturated rings. The number of allylic oxidation sites excluding steroid dienone is 2. The van der Waals surface area contributed by atoms with Crippen LogP contribution in [-0.2, 0) is 9.47 Å². The van der Waals surface area contributed by atoms with E-state index in [1.54, 1.807) is 7.11 Å². The van der Waals surface area contributed by atoms with Crippen LogP contribution in [0.3, 0.4) is 0 Å². The highest BCUT2D eigenvalue weighted by Gasteiger charge is 2.16. The zero-order valence-corrected chi connectivity index (χ0v) is 9.07. The summed E-state index contributed by atoms with van der Waals surface area (Å²) in [6.45, 7) is 4.11. The van der Waals surface area contributed by atoms with E-state index >= 15 is 0 Å². The van der Waals surface area contributed by atoms with Gasteiger partial charge in [-0.3, -0.25) is 0 Å². The number of hydrogen-bond acceptors (Lipinski definition) is 2. The lowest BCUT2D eigenvalue weighted by Crippen LogP contribution is -2.06. The summed E-state index contributed by atoms with van der Waals surface area (Å²) < 4.78 is 10.6. The molecule has 0 aromatic carbocycles. The third-order valence-electron chi connectivity index (χ3n) is 2.28. The third kappa shape index (κ3) is 2.41. The summed E-state index contributed by atoms with van der Waals surface area (Å²) in [5.41, 5.74) is 2.44. The summed E-state index contributed by atoms with van der Waals surface area (Å²) in [4.78, 5) is 0. The van der Waals surface area contributed by atoms with Gasteiger partial charge in [-0.05, 0) is 25.0 Å². The Morgan fingerprint density at radius 1 is 1.15 bits per heavy atom. The topological polar surface area (TPSA) is 18.5 Å². The van der Waals surface area contributed by atoms with Crippen LogP contribution in [0.4, 0.5) is 0 Å². The van der Waals surface area contributed by atoms with Crippen LogP contribution >= 0.6 is 11.6 Å². The average Bonchev–Trinajstić information content (AvgIpc) is 2.11. The second-order valence-corrected chi connectivity index (χ2v) is 3.44. The minimum Gasteiger partial charge on any atom is -0.501 e. The van der Waals surface area contributed by atoms with Gasteiger partial charge in [0.2, 0.25) is 0 Å². The fourth-order valence-electron chi connectivity index (χ4n) is 1.47. The Morgan fingerprint density at radius 2 is 1.69 bits per heavy atom. The van der Waals surface area contributed by atoms with Crippen molar-refractivity contribution < 1.29 is 9.47 Å². The molecule has 0 N–H and O–H groups in total. The molecule has 0 saturated carbocycles. The molecule has 1 aliphatic carbocycles. The van der Waals surface area contributed by atoms with Crippen molar-refractivity contribution in [2.45, 2.75) is 26.7 Å². The second-order valence-electron chi connectivity index (χ2n) is 3.22. The van der Waals surface area contributed by atoms with Crippen LogP contribution in [-0.4, -0.2) is 13.2 Å². The predicted molar refractivity (Wildman–Crippen MR) is 53.4 cm³/mol.